The number of carbonyl (C=O) groups excluding carboxylic acids is 1. The van der Waals surface area contributed by atoms with Crippen molar-refractivity contribution in [1.82, 2.24) is 4.90 Å². The number of likely N-dealkylation sites (tertiary alicyclic amines) is 1. The summed E-state index contributed by atoms with van der Waals surface area (Å²) in [5.41, 5.74) is 3.11. The van der Waals surface area contributed by atoms with Gasteiger partial charge in [0.15, 0.2) is 0 Å². The van der Waals surface area contributed by atoms with Gasteiger partial charge in [0.2, 0.25) is 0 Å². The summed E-state index contributed by atoms with van der Waals surface area (Å²) < 4.78 is 0. The second-order valence-electron chi connectivity index (χ2n) is 5.70. The van der Waals surface area contributed by atoms with E-state index in [9.17, 15) is 4.79 Å². The SMILES string of the molecule is Cc1cccc(NC(=O)N2CCCC2c2ccc(Cl)cc2)c1. The lowest BCUT2D eigenvalue weighted by Crippen LogP contribution is -2.34. The minimum absolute atomic E-state index is 0.0388. The molecular formula is C18H19ClN2O. The number of hydrogen-bond acceptors (Lipinski definition) is 1. The van der Waals surface area contributed by atoms with Crippen LogP contribution in [0.5, 0.6) is 0 Å². The lowest BCUT2D eigenvalue weighted by atomic mass is 10.1. The Morgan fingerprint density at radius 3 is 2.73 bits per heavy atom. The molecule has 0 spiro atoms. The van der Waals surface area contributed by atoms with Gasteiger partial charge in [0, 0.05) is 17.3 Å². The number of benzene rings is 2. The fraction of sp³-hybridized carbons (Fsp3) is 0.278. The standard InChI is InChI=1S/C18H19ClN2O/c1-13-4-2-5-16(12-13)20-18(22)21-11-3-6-17(21)14-7-9-15(19)10-8-14/h2,4-5,7-10,12,17H,3,6,11H2,1H3,(H,20,22). The van der Waals surface area contributed by atoms with E-state index in [2.05, 4.69) is 5.32 Å². The number of nitrogens with one attached hydrogen (secondary N) is 1. The molecule has 4 heteroatoms. The van der Waals surface area contributed by atoms with Crippen molar-refractivity contribution in [2.75, 3.05) is 11.9 Å². The van der Waals surface area contributed by atoms with Crippen LogP contribution in [0.1, 0.15) is 30.0 Å². The van der Waals surface area contributed by atoms with Crippen LogP contribution < -0.4 is 5.32 Å². The first kappa shape index (κ1) is 14.9. The zero-order valence-electron chi connectivity index (χ0n) is 12.6. The number of nitrogens with zero attached hydrogens (tertiary/aromatic N) is 1. The van der Waals surface area contributed by atoms with E-state index in [1.54, 1.807) is 0 Å². The molecule has 0 saturated carbocycles. The Kier molecular flexibility index (Phi) is 4.34. The van der Waals surface area contributed by atoms with E-state index >= 15 is 0 Å². The second-order valence-corrected chi connectivity index (χ2v) is 6.14. The number of hydrogen-bond donors (Lipinski definition) is 1. The van der Waals surface area contributed by atoms with Gasteiger partial charge in [0.05, 0.1) is 6.04 Å². The molecule has 1 heterocycles. The van der Waals surface area contributed by atoms with Crippen molar-refractivity contribution >= 4 is 23.3 Å². The molecule has 2 aromatic carbocycles. The normalized spacial score (nSPS) is 17.5. The largest absolute Gasteiger partial charge is 0.322 e. The third-order valence-corrected chi connectivity index (χ3v) is 4.29. The van der Waals surface area contributed by atoms with Gasteiger partial charge in [-0.3, -0.25) is 0 Å². The summed E-state index contributed by atoms with van der Waals surface area (Å²) in [4.78, 5) is 14.5. The zero-order valence-corrected chi connectivity index (χ0v) is 13.3. The number of amides is 2. The number of urea groups is 1. The topological polar surface area (TPSA) is 32.3 Å². The van der Waals surface area contributed by atoms with Crippen molar-refractivity contribution < 1.29 is 4.79 Å². The molecule has 2 amide bonds. The predicted molar refractivity (Wildman–Crippen MR) is 90.3 cm³/mol. The van der Waals surface area contributed by atoms with Gasteiger partial charge < -0.3 is 10.2 Å². The van der Waals surface area contributed by atoms with Gasteiger partial charge in [-0.1, -0.05) is 35.9 Å². The van der Waals surface area contributed by atoms with Crippen LogP contribution in [0, 0.1) is 6.92 Å². The van der Waals surface area contributed by atoms with Gasteiger partial charge in [-0.05, 0) is 55.2 Å². The first-order valence-electron chi connectivity index (χ1n) is 7.53. The highest BCUT2D eigenvalue weighted by molar-refractivity contribution is 6.30. The molecule has 1 atom stereocenters. The van der Waals surface area contributed by atoms with Gasteiger partial charge in [0.1, 0.15) is 0 Å². The van der Waals surface area contributed by atoms with Crippen molar-refractivity contribution in [3.63, 3.8) is 0 Å². The molecule has 114 valence electrons. The number of carbonyl (C=O) groups is 1. The van der Waals surface area contributed by atoms with Crippen molar-refractivity contribution in [3.8, 4) is 0 Å². The Morgan fingerprint density at radius 2 is 2.00 bits per heavy atom. The lowest BCUT2D eigenvalue weighted by molar-refractivity contribution is 0.207. The number of aryl methyl sites for hydroxylation is 1. The highest BCUT2D eigenvalue weighted by Crippen LogP contribution is 2.32. The molecular weight excluding hydrogens is 296 g/mol. The summed E-state index contributed by atoms with van der Waals surface area (Å²) in [6.07, 6.45) is 2.01. The average molecular weight is 315 g/mol. The number of halogens is 1. The van der Waals surface area contributed by atoms with Crippen LogP contribution in [-0.2, 0) is 0 Å². The maximum Gasteiger partial charge on any atom is 0.322 e. The fourth-order valence-corrected chi connectivity index (χ4v) is 3.09. The molecule has 1 N–H and O–H groups in total. The van der Waals surface area contributed by atoms with E-state index < -0.39 is 0 Å². The molecule has 1 aliphatic heterocycles. The molecule has 1 saturated heterocycles. The van der Waals surface area contributed by atoms with E-state index in [1.807, 2.05) is 60.4 Å². The smallest absolute Gasteiger partial charge is 0.317 e. The second kappa shape index (κ2) is 6.41. The monoisotopic (exact) mass is 314 g/mol. The fourth-order valence-electron chi connectivity index (χ4n) is 2.96. The average Bonchev–Trinajstić information content (AvgIpc) is 2.97. The first-order valence-corrected chi connectivity index (χ1v) is 7.91. The highest BCUT2D eigenvalue weighted by atomic mass is 35.5. The van der Waals surface area contributed by atoms with Gasteiger partial charge >= 0.3 is 6.03 Å². The third-order valence-electron chi connectivity index (χ3n) is 4.04. The molecule has 1 unspecified atom stereocenters. The van der Waals surface area contributed by atoms with E-state index in [4.69, 9.17) is 11.6 Å². The highest BCUT2D eigenvalue weighted by Gasteiger charge is 2.29. The minimum atomic E-state index is -0.0388. The Morgan fingerprint density at radius 1 is 1.23 bits per heavy atom. The number of rotatable bonds is 2. The van der Waals surface area contributed by atoms with Crippen LogP contribution in [-0.4, -0.2) is 17.5 Å². The van der Waals surface area contributed by atoms with Gasteiger partial charge in [-0.25, -0.2) is 4.79 Å². The Hall–Kier alpha value is -2.00. The predicted octanol–water partition coefficient (Wildman–Crippen LogP) is 5.02. The molecule has 0 aromatic heterocycles. The van der Waals surface area contributed by atoms with Crippen molar-refractivity contribution in [2.45, 2.75) is 25.8 Å². The van der Waals surface area contributed by atoms with Crippen LogP contribution in [0.25, 0.3) is 0 Å². The maximum absolute atomic E-state index is 12.6. The van der Waals surface area contributed by atoms with Gasteiger partial charge in [-0.2, -0.15) is 0 Å². The van der Waals surface area contributed by atoms with Gasteiger partial charge in [0.25, 0.3) is 0 Å². The summed E-state index contributed by atoms with van der Waals surface area (Å²) in [6, 6.07) is 15.7. The van der Waals surface area contributed by atoms with E-state index in [0.717, 1.165) is 41.2 Å². The van der Waals surface area contributed by atoms with Crippen LogP contribution in [0.4, 0.5) is 10.5 Å². The first-order chi connectivity index (χ1) is 10.6. The maximum atomic E-state index is 12.6. The summed E-state index contributed by atoms with van der Waals surface area (Å²) in [7, 11) is 0. The van der Waals surface area contributed by atoms with E-state index in [0.29, 0.717) is 0 Å². The van der Waals surface area contributed by atoms with Crippen LogP contribution >= 0.6 is 11.6 Å². The molecule has 0 radical (unpaired) electrons. The van der Waals surface area contributed by atoms with Gasteiger partial charge in [-0.15, -0.1) is 0 Å². The van der Waals surface area contributed by atoms with Crippen molar-refractivity contribution in [3.05, 3.63) is 64.7 Å². The third kappa shape index (κ3) is 3.25. The summed E-state index contributed by atoms with van der Waals surface area (Å²) in [6.45, 7) is 2.80. The minimum Gasteiger partial charge on any atom is -0.317 e. The quantitative estimate of drug-likeness (QED) is 0.829. The Bertz CT molecular complexity index is 669. The molecule has 1 fully saturated rings. The van der Waals surface area contributed by atoms with Crippen LogP contribution in [0.15, 0.2) is 48.5 Å². The molecule has 2 aromatic rings. The Balaban J connectivity index is 1.75. The van der Waals surface area contributed by atoms with E-state index in [-0.39, 0.29) is 12.1 Å². The molecule has 22 heavy (non-hydrogen) atoms. The van der Waals surface area contributed by atoms with Crippen LogP contribution in [0.2, 0.25) is 5.02 Å². The van der Waals surface area contributed by atoms with Crippen molar-refractivity contribution in [1.29, 1.82) is 0 Å². The summed E-state index contributed by atoms with van der Waals surface area (Å²) in [5, 5.41) is 3.72. The molecule has 3 rings (SSSR count). The summed E-state index contributed by atoms with van der Waals surface area (Å²) in [5.74, 6) is 0. The summed E-state index contributed by atoms with van der Waals surface area (Å²) >= 11 is 5.95. The van der Waals surface area contributed by atoms with Crippen molar-refractivity contribution in [2.24, 2.45) is 0 Å². The number of anilines is 1. The van der Waals surface area contributed by atoms with Crippen LogP contribution in [0.3, 0.4) is 0 Å². The lowest BCUT2D eigenvalue weighted by Gasteiger charge is -2.25. The molecule has 1 aliphatic rings. The molecule has 0 aliphatic carbocycles. The molecule has 3 nitrogen and oxygen atoms in total. The molecule has 0 bridgehead atoms. The van der Waals surface area contributed by atoms with E-state index in [1.165, 1.54) is 0 Å². The zero-order chi connectivity index (χ0) is 15.5. The Labute approximate surface area is 135 Å².